The highest BCUT2D eigenvalue weighted by atomic mass is 19.1. The van der Waals surface area contributed by atoms with Gasteiger partial charge in [0.15, 0.2) is 5.82 Å². The van der Waals surface area contributed by atoms with Gasteiger partial charge in [-0.25, -0.2) is 24.1 Å². The highest BCUT2D eigenvalue weighted by Gasteiger charge is 2.25. The number of hydrogen-bond acceptors (Lipinski definition) is 4. The predicted molar refractivity (Wildman–Crippen MR) is 111 cm³/mol. The van der Waals surface area contributed by atoms with Gasteiger partial charge in [-0.05, 0) is 37.8 Å². The lowest BCUT2D eigenvalue weighted by atomic mass is 9.91. The van der Waals surface area contributed by atoms with Crippen LogP contribution >= 0.6 is 0 Å². The van der Waals surface area contributed by atoms with E-state index in [2.05, 4.69) is 30.2 Å². The average Bonchev–Trinajstić information content (AvgIpc) is 3.37. The van der Waals surface area contributed by atoms with Crippen molar-refractivity contribution >= 4 is 28.1 Å². The van der Waals surface area contributed by atoms with Crippen LogP contribution in [0.2, 0.25) is 0 Å². The third kappa shape index (κ3) is 3.26. The summed E-state index contributed by atoms with van der Waals surface area (Å²) in [5, 5.41) is 7.25. The fourth-order valence-electron chi connectivity index (χ4n) is 4.33. The summed E-state index contributed by atoms with van der Waals surface area (Å²) in [5.74, 6) is 0.126. The first-order valence-corrected chi connectivity index (χ1v) is 10.1. The molecule has 0 aliphatic heterocycles. The Labute approximate surface area is 171 Å². The van der Waals surface area contributed by atoms with Crippen LogP contribution in [0.5, 0.6) is 0 Å². The van der Waals surface area contributed by atoms with Gasteiger partial charge >= 0.3 is 6.03 Å². The molecule has 3 N–H and O–H groups in total. The second-order valence-electron chi connectivity index (χ2n) is 7.69. The first-order valence-electron chi connectivity index (χ1n) is 10.1. The standard InChI is InChI=1S/C21H22FN7O/c1-23-21(30)27-14-3-2-4-15(8-14)29-6-5-12-9-24-19(28-20(12)29)17-11-26-18-16(17)7-13(22)10-25-18/h5-7,9-11,14-15H,2-4,8H2,1H3,(H,25,26)(H2,23,27,30). The normalized spacial score (nSPS) is 19.3. The molecule has 8 nitrogen and oxygen atoms in total. The molecule has 2 amide bonds. The molecule has 1 aliphatic carbocycles. The van der Waals surface area contributed by atoms with Crippen LogP contribution in [0.15, 0.2) is 36.9 Å². The second kappa shape index (κ2) is 7.40. The fraction of sp³-hybridized carbons (Fsp3) is 0.333. The molecule has 2 unspecified atom stereocenters. The molecule has 1 saturated carbocycles. The van der Waals surface area contributed by atoms with E-state index in [4.69, 9.17) is 4.98 Å². The molecule has 2 atom stereocenters. The van der Waals surface area contributed by atoms with Gasteiger partial charge in [-0.1, -0.05) is 0 Å². The van der Waals surface area contributed by atoms with Crippen LogP contribution in [0, 0.1) is 5.82 Å². The number of hydrogen-bond donors (Lipinski definition) is 3. The van der Waals surface area contributed by atoms with Gasteiger partial charge < -0.3 is 20.2 Å². The highest BCUT2D eigenvalue weighted by Crippen LogP contribution is 2.32. The van der Waals surface area contributed by atoms with Gasteiger partial charge in [-0.3, -0.25) is 0 Å². The summed E-state index contributed by atoms with van der Waals surface area (Å²) in [6.07, 6.45) is 10.6. The number of carbonyl (C=O) groups is 1. The molecule has 0 bridgehead atoms. The first-order chi connectivity index (χ1) is 14.6. The summed E-state index contributed by atoms with van der Waals surface area (Å²) < 4.78 is 15.9. The van der Waals surface area contributed by atoms with E-state index < -0.39 is 5.82 Å². The van der Waals surface area contributed by atoms with E-state index in [0.717, 1.165) is 42.3 Å². The maximum atomic E-state index is 13.7. The minimum atomic E-state index is -0.398. The van der Waals surface area contributed by atoms with Crippen molar-refractivity contribution in [3.63, 3.8) is 0 Å². The zero-order chi connectivity index (χ0) is 20.7. The topological polar surface area (TPSA) is 101 Å². The van der Waals surface area contributed by atoms with Crippen molar-refractivity contribution in [3.8, 4) is 11.4 Å². The molecule has 9 heteroatoms. The largest absolute Gasteiger partial charge is 0.345 e. The Morgan fingerprint density at radius 2 is 2.20 bits per heavy atom. The van der Waals surface area contributed by atoms with E-state index in [1.54, 1.807) is 19.4 Å². The van der Waals surface area contributed by atoms with Crippen LogP contribution in [-0.4, -0.2) is 43.6 Å². The average molecular weight is 407 g/mol. The molecule has 0 spiro atoms. The summed E-state index contributed by atoms with van der Waals surface area (Å²) in [4.78, 5) is 28.1. The number of amides is 2. The van der Waals surface area contributed by atoms with Gasteiger partial charge in [0.2, 0.25) is 0 Å². The van der Waals surface area contributed by atoms with Crippen molar-refractivity contribution < 1.29 is 9.18 Å². The van der Waals surface area contributed by atoms with E-state index in [-0.39, 0.29) is 18.1 Å². The Hall–Kier alpha value is -3.49. The monoisotopic (exact) mass is 407 g/mol. The number of urea groups is 1. The maximum Gasteiger partial charge on any atom is 0.314 e. The Balaban J connectivity index is 1.50. The Bertz CT molecular complexity index is 1230. The van der Waals surface area contributed by atoms with E-state index in [0.29, 0.717) is 16.9 Å². The molecule has 154 valence electrons. The van der Waals surface area contributed by atoms with Crippen LogP contribution in [0.4, 0.5) is 9.18 Å². The number of nitrogens with one attached hydrogen (secondary N) is 3. The van der Waals surface area contributed by atoms with Gasteiger partial charge in [0, 0.05) is 54.1 Å². The number of fused-ring (bicyclic) bond motifs is 2. The summed E-state index contributed by atoms with van der Waals surface area (Å²) in [5.41, 5.74) is 2.15. The Morgan fingerprint density at radius 3 is 3.07 bits per heavy atom. The smallest absolute Gasteiger partial charge is 0.314 e. The molecule has 1 aliphatic rings. The van der Waals surface area contributed by atoms with Crippen molar-refractivity contribution in [1.82, 2.24) is 35.1 Å². The fourth-order valence-corrected chi connectivity index (χ4v) is 4.33. The third-order valence-corrected chi connectivity index (χ3v) is 5.80. The van der Waals surface area contributed by atoms with Crippen molar-refractivity contribution in [2.75, 3.05) is 7.05 Å². The quantitative estimate of drug-likeness (QED) is 0.484. The second-order valence-corrected chi connectivity index (χ2v) is 7.69. The SMILES string of the molecule is CNC(=O)NC1CCCC(n2ccc3cnc(-c4c[nH]c5ncc(F)cc45)nc32)C1. The zero-order valence-corrected chi connectivity index (χ0v) is 16.5. The Kier molecular flexibility index (Phi) is 4.57. The molecule has 0 aromatic carbocycles. The van der Waals surface area contributed by atoms with Crippen LogP contribution in [0.25, 0.3) is 33.5 Å². The number of aromatic nitrogens is 5. The van der Waals surface area contributed by atoms with Crippen LogP contribution in [0.3, 0.4) is 0 Å². The number of pyridine rings is 1. The summed E-state index contributed by atoms with van der Waals surface area (Å²) >= 11 is 0. The van der Waals surface area contributed by atoms with Crippen LogP contribution < -0.4 is 10.6 Å². The molecule has 0 saturated heterocycles. The van der Waals surface area contributed by atoms with Crippen molar-refractivity contribution in [2.24, 2.45) is 0 Å². The number of rotatable bonds is 3. The number of aromatic amines is 1. The molecular formula is C21H22FN7O. The zero-order valence-electron chi connectivity index (χ0n) is 16.5. The van der Waals surface area contributed by atoms with Crippen molar-refractivity contribution in [1.29, 1.82) is 0 Å². The molecule has 4 aromatic heterocycles. The molecule has 30 heavy (non-hydrogen) atoms. The van der Waals surface area contributed by atoms with E-state index in [9.17, 15) is 9.18 Å². The van der Waals surface area contributed by atoms with Gasteiger partial charge in [-0.15, -0.1) is 0 Å². The summed E-state index contributed by atoms with van der Waals surface area (Å²) in [7, 11) is 1.62. The van der Waals surface area contributed by atoms with Gasteiger partial charge in [-0.2, -0.15) is 0 Å². The lowest BCUT2D eigenvalue weighted by Crippen LogP contribution is -2.43. The number of halogens is 1. The first kappa shape index (κ1) is 18.5. The molecule has 5 rings (SSSR count). The van der Waals surface area contributed by atoms with Crippen molar-refractivity contribution in [2.45, 2.75) is 37.8 Å². The van der Waals surface area contributed by atoms with Crippen LogP contribution in [0.1, 0.15) is 31.7 Å². The lowest BCUT2D eigenvalue weighted by molar-refractivity contribution is 0.228. The molecule has 0 radical (unpaired) electrons. The van der Waals surface area contributed by atoms with E-state index >= 15 is 0 Å². The molecule has 4 heterocycles. The number of H-pyrrole nitrogens is 1. The highest BCUT2D eigenvalue weighted by molar-refractivity contribution is 5.92. The summed E-state index contributed by atoms with van der Waals surface area (Å²) in [6, 6.07) is 3.67. The van der Waals surface area contributed by atoms with E-state index in [1.807, 2.05) is 12.3 Å². The summed E-state index contributed by atoms with van der Waals surface area (Å²) in [6.45, 7) is 0. The van der Waals surface area contributed by atoms with Crippen molar-refractivity contribution in [3.05, 3.63) is 42.7 Å². The van der Waals surface area contributed by atoms with E-state index in [1.165, 1.54) is 12.3 Å². The minimum Gasteiger partial charge on any atom is -0.345 e. The maximum absolute atomic E-state index is 13.7. The molecule has 1 fully saturated rings. The third-order valence-electron chi connectivity index (χ3n) is 5.80. The molecule has 4 aromatic rings. The number of nitrogens with zero attached hydrogens (tertiary/aromatic N) is 4. The Morgan fingerprint density at radius 1 is 1.30 bits per heavy atom. The van der Waals surface area contributed by atoms with Gasteiger partial charge in [0.25, 0.3) is 0 Å². The van der Waals surface area contributed by atoms with Crippen LogP contribution in [-0.2, 0) is 0 Å². The lowest BCUT2D eigenvalue weighted by Gasteiger charge is -2.31. The predicted octanol–water partition coefficient (Wildman–Crippen LogP) is 3.53. The number of carbonyl (C=O) groups excluding carboxylic acids is 1. The molecular weight excluding hydrogens is 385 g/mol. The van der Waals surface area contributed by atoms with Gasteiger partial charge in [0.05, 0.1) is 6.20 Å². The minimum absolute atomic E-state index is 0.130. The van der Waals surface area contributed by atoms with Gasteiger partial charge in [0.1, 0.15) is 17.1 Å².